The number of carbonyl (C=O) groups is 1. The molecule has 0 bridgehead atoms. The first-order valence-corrected chi connectivity index (χ1v) is 10.0. The monoisotopic (exact) mass is 404 g/mol. The predicted octanol–water partition coefficient (Wildman–Crippen LogP) is 6.24. The van der Waals surface area contributed by atoms with Gasteiger partial charge in [0.2, 0.25) is 0 Å². The molecule has 1 aliphatic carbocycles. The van der Waals surface area contributed by atoms with Gasteiger partial charge in [0.05, 0.1) is 4.70 Å². The van der Waals surface area contributed by atoms with Gasteiger partial charge in [-0.15, -0.1) is 11.3 Å². The molecule has 0 aliphatic heterocycles. The van der Waals surface area contributed by atoms with Gasteiger partial charge in [-0.3, -0.25) is 4.79 Å². The van der Waals surface area contributed by atoms with Crippen LogP contribution in [-0.2, 0) is 0 Å². The van der Waals surface area contributed by atoms with Gasteiger partial charge in [-0.25, -0.2) is 0 Å². The van der Waals surface area contributed by atoms with Crippen LogP contribution in [0.25, 0.3) is 32.4 Å². The zero-order valence-electron chi connectivity index (χ0n) is 15.5. The summed E-state index contributed by atoms with van der Waals surface area (Å²) >= 11 is 1.61. The number of thiophene rings is 1. The van der Waals surface area contributed by atoms with Crippen LogP contribution in [0.15, 0.2) is 82.3 Å². The number of rotatable bonds is 2. The number of ketones is 1. The van der Waals surface area contributed by atoms with Crippen molar-refractivity contribution in [2.45, 2.75) is 0 Å². The number of nitriles is 2. The molecule has 0 N–H and O–H groups in total. The van der Waals surface area contributed by atoms with Crippen molar-refractivity contribution in [1.82, 2.24) is 0 Å². The van der Waals surface area contributed by atoms with Crippen LogP contribution < -0.4 is 0 Å². The van der Waals surface area contributed by atoms with E-state index in [2.05, 4.69) is 0 Å². The highest BCUT2D eigenvalue weighted by molar-refractivity contribution is 7.22. The Morgan fingerprint density at radius 2 is 1.63 bits per heavy atom. The van der Waals surface area contributed by atoms with Gasteiger partial charge < -0.3 is 4.42 Å². The number of allylic oxidation sites excluding steroid dienone is 3. The largest absolute Gasteiger partial charge is 0.456 e. The van der Waals surface area contributed by atoms with Crippen molar-refractivity contribution in [3.05, 3.63) is 94.8 Å². The molecule has 0 amide bonds. The van der Waals surface area contributed by atoms with Crippen LogP contribution in [0.1, 0.15) is 21.7 Å². The second kappa shape index (κ2) is 7.00. The van der Waals surface area contributed by atoms with E-state index in [1.54, 1.807) is 41.7 Å². The number of nitrogens with zero attached hydrogens (tertiary/aromatic N) is 2. The molecule has 2 heterocycles. The minimum atomic E-state index is -0.215. The van der Waals surface area contributed by atoms with Crippen LogP contribution >= 0.6 is 11.3 Å². The highest BCUT2D eigenvalue weighted by atomic mass is 32.1. The Labute approximate surface area is 176 Å². The third-order valence-electron chi connectivity index (χ3n) is 5.00. The van der Waals surface area contributed by atoms with E-state index in [1.807, 2.05) is 54.6 Å². The summed E-state index contributed by atoms with van der Waals surface area (Å²) in [6, 6.07) is 24.8. The second-order valence-electron chi connectivity index (χ2n) is 6.76. The van der Waals surface area contributed by atoms with Gasteiger partial charge in [-0.2, -0.15) is 10.5 Å². The average molecular weight is 404 g/mol. The van der Waals surface area contributed by atoms with E-state index in [1.165, 1.54) is 0 Å². The first-order chi connectivity index (χ1) is 14.7. The molecular formula is C25H12N2O2S. The third-order valence-corrected chi connectivity index (χ3v) is 6.11. The lowest BCUT2D eigenvalue weighted by Crippen LogP contribution is -1.95. The van der Waals surface area contributed by atoms with Gasteiger partial charge >= 0.3 is 0 Å². The molecule has 0 saturated carbocycles. The lowest BCUT2D eigenvalue weighted by Gasteiger charge is -2.00. The smallest absolute Gasteiger partial charge is 0.194 e. The van der Waals surface area contributed by atoms with Gasteiger partial charge in [0, 0.05) is 33.7 Å². The molecule has 30 heavy (non-hydrogen) atoms. The summed E-state index contributed by atoms with van der Waals surface area (Å²) in [5.41, 5.74) is 3.53. The SMILES string of the molecule is N#CC(C#N)=C1/C(=C/c2cc3sc(-c4ccccc4)cc3o2)C(=O)c2ccccc21. The predicted molar refractivity (Wildman–Crippen MR) is 116 cm³/mol. The fraction of sp³-hybridized carbons (Fsp3) is 0. The van der Waals surface area contributed by atoms with Crippen molar-refractivity contribution in [3.63, 3.8) is 0 Å². The van der Waals surface area contributed by atoms with Crippen LogP contribution in [0.3, 0.4) is 0 Å². The van der Waals surface area contributed by atoms with E-state index in [-0.39, 0.29) is 11.4 Å². The van der Waals surface area contributed by atoms with E-state index in [0.717, 1.165) is 20.7 Å². The van der Waals surface area contributed by atoms with E-state index in [0.29, 0.717) is 28.0 Å². The van der Waals surface area contributed by atoms with Crippen LogP contribution in [0.2, 0.25) is 0 Å². The molecular weight excluding hydrogens is 392 g/mol. The molecule has 140 valence electrons. The molecule has 2 aromatic carbocycles. The maximum atomic E-state index is 13.0. The Morgan fingerprint density at radius 1 is 0.933 bits per heavy atom. The lowest BCUT2D eigenvalue weighted by molar-refractivity contribution is 0.104. The fourth-order valence-corrected chi connectivity index (χ4v) is 4.69. The summed E-state index contributed by atoms with van der Waals surface area (Å²) in [4.78, 5) is 14.1. The molecule has 1 aliphatic rings. The molecule has 0 saturated heterocycles. The number of benzene rings is 2. The summed E-state index contributed by atoms with van der Waals surface area (Å²) in [5, 5.41) is 18.8. The molecule has 0 atom stereocenters. The standard InChI is InChI=1S/C25H12N2O2S/c26-13-16(14-27)24-18-8-4-5-9-19(18)25(28)20(24)10-17-11-23-21(29-17)12-22(30-23)15-6-2-1-3-7-15/h1-12H/b20-10-. The van der Waals surface area contributed by atoms with E-state index < -0.39 is 0 Å². The lowest BCUT2D eigenvalue weighted by atomic mass is 9.99. The summed E-state index contributed by atoms with van der Waals surface area (Å²) < 4.78 is 6.94. The van der Waals surface area contributed by atoms with Crippen molar-refractivity contribution in [1.29, 1.82) is 10.5 Å². The Morgan fingerprint density at radius 3 is 2.33 bits per heavy atom. The Hall–Kier alpha value is -4.19. The van der Waals surface area contributed by atoms with Crippen LogP contribution in [0.5, 0.6) is 0 Å². The topological polar surface area (TPSA) is 77.8 Å². The van der Waals surface area contributed by atoms with Gasteiger partial charge in [-0.1, -0.05) is 54.6 Å². The van der Waals surface area contributed by atoms with Crippen molar-refractivity contribution < 1.29 is 9.21 Å². The normalized spacial score (nSPS) is 14.0. The van der Waals surface area contributed by atoms with Crippen LogP contribution in [0, 0.1) is 22.7 Å². The number of Topliss-reactive ketones (excluding diaryl/α,β-unsaturated/α-hetero) is 1. The third kappa shape index (κ3) is 2.78. The van der Waals surface area contributed by atoms with Crippen molar-refractivity contribution in [2.24, 2.45) is 0 Å². The maximum Gasteiger partial charge on any atom is 0.194 e. The highest BCUT2D eigenvalue weighted by Gasteiger charge is 2.32. The van der Waals surface area contributed by atoms with Crippen molar-refractivity contribution in [2.75, 3.05) is 0 Å². The fourth-order valence-electron chi connectivity index (χ4n) is 3.66. The van der Waals surface area contributed by atoms with E-state index in [9.17, 15) is 15.3 Å². The second-order valence-corrected chi connectivity index (χ2v) is 7.84. The van der Waals surface area contributed by atoms with E-state index >= 15 is 0 Å². The Kier molecular flexibility index (Phi) is 4.17. The quantitative estimate of drug-likeness (QED) is 0.292. The van der Waals surface area contributed by atoms with E-state index in [4.69, 9.17) is 4.42 Å². The number of furan rings is 1. The molecule has 0 unspecified atom stereocenters. The average Bonchev–Trinajstić information content (AvgIpc) is 3.42. The molecule has 2 aromatic heterocycles. The molecule has 4 aromatic rings. The van der Waals surface area contributed by atoms with Gasteiger partial charge in [0.25, 0.3) is 0 Å². The maximum absolute atomic E-state index is 13.0. The van der Waals surface area contributed by atoms with Crippen molar-refractivity contribution >= 4 is 39.1 Å². The first kappa shape index (κ1) is 17.9. The Balaban J connectivity index is 1.62. The summed E-state index contributed by atoms with van der Waals surface area (Å²) in [5.74, 6) is 0.299. The van der Waals surface area contributed by atoms with Gasteiger partial charge in [0.1, 0.15) is 29.1 Å². The van der Waals surface area contributed by atoms with Crippen LogP contribution in [0.4, 0.5) is 0 Å². The molecule has 5 heteroatoms. The highest BCUT2D eigenvalue weighted by Crippen LogP contribution is 2.41. The Bertz CT molecular complexity index is 1420. The zero-order valence-corrected chi connectivity index (χ0v) is 16.4. The minimum absolute atomic E-state index is 0.0840. The summed E-state index contributed by atoms with van der Waals surface area (Å²) in [7, 11) is 0. The number of fused-ring (bicyclic) bond motifs is 2. The zero-order chi connectivity index (χ0) is 20.7. The van der Waals surface area contributed by atoms with Crippen LogP contribution in [-0.4, -0.2) is 5.78 Å². The number of hydrogen-bond acceptors (Lipinski definition) is 5. The molecule has 4 nitrogen and oxygen atoms in total. The number of hydrogen-bond donors (Lipinski definition) is 0. The first-order valence-electron chi connectivity index (χ1n) is 9.19. The number of carbonyl (C=O) groups excluding carboxylic acids is 1. The minimum Gasteiger partial charge on any atom is -0.456 e. The molecule has 0 spiro atoms. The summed E-state index contributed by atoms with van der Waals surface area (Å²) in [6.45, 7) is 0. The molecule has 5 rings (SSSR count). The van der Waals surface area contributed by atoms with Gasteiger partial charge in [-0.05, 0) is 17.2 Å². The van der Waals surface area contributed by atoms with Gasteiger partial charge in [0.15, 0.2) is 5.78 Å². The summed E-state index contributed by atoms with van der Waals surface area (Å²) in [6.07, 6.45) is 1.63. The van der Waals surface area contributed by atoms with Crippen molar-refractivity contribution in [3.8, 4) is 22.6 Å². The molecule has 0 fully saturated rings. The molecule has 0 radical (unpaired) electrons.